The summed E-state index contributed by atoms with van der Waals surface area (Å²) in [6.07, 6.45) is 1.07. The highest BCUT2D eigenvalue weighted by molar-refractivity contribution is 5.82. The molecule has 0 atom stereocenters. The van der Waals surface area contributed by atoms with Crippen LogP contribution in [0.15, 0.2) is 30.3 Å². The molecule has 0 fully saturated rings. The molecule has 0 radical (unpaired) electrons. The summed E-state index contributed by atoms with van der Waals surface area (Å²) in [4.78, 5) is 21.7. The van der Waals surface area contributed by atoms with Gasteiger partial charge in [-0.3, -0.25) is 9.59 Å². The quantitative estimate of drug-likeness (QED) is 0.737. The van der Waals surface area contributed by atoms with Crippen molar-refractivity contribution >= 4 is 11.8 Å². The molecular weight excluding hydrogens is 204 g/mol. The van der Waals surface area contributed by atoms with E-state index in [1.807, 2.05) is 30.3 Å². The average Bonchev–Trinajstić information content (AvgIpc) is 2.28. The molecule has 0 unspecified atom stereocenters. The van der Waals surface area contributed by atoms with Gasteiger partial charge >= 0.3 is 0 Å². The van der Waals surface area contributed by atoms with E-state index in [1.165, 1.54) is 5.56 Å². The third-order valence-corrected chi connectivity index (χ3v) is 2.18. The van der Waals surface area contributed by atoms with Crippen molar-refractivity contribution in [1.29, 1.82) is 0 Å². The third kappa shape index (κ3) is 5.14. The van der Waals surface area contributed by atoms with E-state index in [1.54, 1.807) is 0 Å². The molecule has 0 spiro atoms. The van der Waals surface area contributed by atoms with E-state index in [2.05, 4.69) is 5.32 Å². The van der Waals surface area contributed by atoms with E-state index in [9.17, 15) is 9.59 Å². The van der Waals surface area contributed by atoms with E-state index < -0.39 is 5.91 Å². The first-order valence-electron chi connectivity index (χ1n) is 5.27. The first-order valence-corrected chi connectivity index (χ1v) is 5.27. The molecule has 0 aliphatic carbocycles. The minimum absolute atomic E-state index is 0.108. The maximum Gasteiger partial charge on any atom is 0.220 e. The van der Waals surface area contributed by atoms with E-state index in [-0.39, 0.29) is 18.7 Å². The maximum atomic E-state index is 11.2. The summed E-state index contributed by atoms with van der Waals surface area (Å²) >= 11 is 0. The molecule has 0 saturated heterocycles. The van der Waals surface area contributed by atoms with Gasteiger partial charge in [-0.1, -0.05) is 30.3 Å². The zero-order valence-electron chi connectivity index (χ0n) is 9.11. The molecule has 1 rings (SSSR count). The lowest BCUT2D eigenvalue weighted by atomic mass is 10.1. The number of nitrogens with two attached hydrogens (primary N) is 1. The maximum absolute atomic E-state index is 11.2. The molecule has 2 amide bonds. The van der Waals surface area contributed by atoms with Crippen molar-refractivity contribution in [3.63, 3.8) is 0 Å². The van der Waals surface area contributed by atoms with Crippen LogP contribution in [0.25, 0.3) is 0 Å². The van der Waals surface area contributed by atoms with Crippen LogP contribution in [0, 0.1) is 0 Å². The number of hydrogen-bond acceptors (Lipinski definition) is 2. The van der Waals surface area contributed by atoms with Crippen LogP contribution < -0.4 is 11.1 Å². The highest BCUT2D eigenvalue weighted by Gasteiger charge is 2.02. The molecule has 3 N–H and O–H groups in total. The van der Waals surface area contributed by atoms with Gasteiger partial charge in [0.15, 0.2) is 0 Å². The van der Waals surface area contributed by atoms with Gasteiger partial charge in [0.2, 0.25) is 11.8 Å². The van der Waals surface area contributed by atoms with Gasteiger partial charge < -0.3 is 11.1 Å². The van der Waals surface area contributed by atoms with Crippen LogP contribution in [0.2, 0.25) is 0 Å². The van der Waals surface area contributed by atoms with Crippen LogP contribution in [-0.4, -0.2) is 18.4 Å². The molecule has 4 nitrogen and oxygen atoms in total. The monoisotopic (exact) mass is 220 g/mol. The van der Waals surface area contributed by atoms with Gasteiger partial charge in [-0.05, 0) is 12.0 Å². The van der Waals surface area contributed by atoms with Crippen LogP contribution in [0.4, 0.5) is 0 Å². The van der Waals surface area contributed by atoms with Gasteiger partial charge in [0.1, 0.15) is 0 Å². The van der Waals surface area contributed by atoms with Gasteiger partial charge in [-0.15, -0.1) is 0 Å². The number of primary amides is 1. The molecule has 0 bridgehead atoms. The van der Waals surface area contributed by atoms with E-state index >= 15 is 0 Å². The fraction of sp³-hybridized carbons (Fsp3) is 0.333. The number of amides is 2. The fourth-order valence-corrected chi connectivity index (χ4v) is 1.32. The summed E-state index contributed by atoms with van der Waals surface area (Å²) in [5.74, 6) is -0.576. The lowest BCUT2D eigenvalue weighted by molar-refractivity contribution is -0.125. The van der Waals surface area contributed by atoms with Gasteiger partial charge in [-0.2, -0.15) is 0 Å². The molecule has 0 aliphatic rings. The number of rotatable bonds is 6. The van der Waals surface area contributed by atoms with E-state index in [0.717, 1.165) is 6.42 Å². The Morgan fingerprint density at radius 2 is 1.81 bits per heavy atom. The standard InChI is InChI=1S/C12H16N2O2/c13-11(15)6-7-12(16)14-9-8-10-4-2-1-3-5-10/h1-5H,6-9H2,(H2,13,15)(H,14,16). The Bertz CT molecular complexity index is 349. The molecular formula is C12H16N2O2. The number of carbonyl (C=O) groups excluding carboxylic acids is 2. The van der Waals surface area contributed by atoms with E-state index in [4.69, 9.17) is 5.73 Å². The van der Waals surface area contributed by atoms with Crippen molar-refractivity contribution in [3.05, 3.63) is 35.9 Å². The number of nitrogens with one attached hydrogen (secondary N) is 1. The van der Waals surface area contributed by atoms with Crippen molar-refractivity contribution in [1.82, 2.24) is 5.32 Å². The first kappa shape index (κ1) is 12.2. The van der Waals surface area contributed by atoms with Crippen LogP contribution in [0.5, 0.6) is 0 Å². The topological polar surface area (TPSA) is 72.2 Å². The number of carbonyl (C=O) groups is 2. The minimum atomic E-state index is -0.446. The highest BCUT2D eigenvalue weighted by Crippen LogP contribution is 1.98. The van der Waals surface area contributed by atoms with Crippen LogP contribution in [0.3, 0.4) is 0 Å². The summed E-state index contributed by atoms with van der Waals surface area (Å²) in [5, 5.41) is 2.74. The van der Waals surface area contributed by atoms with Crippen molar-refractivity contribution < 1.29 is 9.59 Å². The van der Waals surface area contributed by atoms with Gasteiger partial charge in [0, 0.05) is 19.4 Å². The number of benzene rings is 1. The minimum Gasteiger partial charge on any atom is -0.370 e. The lowest BCUT2D eigenvalue weighted by Crippen LogP contribution is -2.26. The second-order valence-electron chi connectivity index (χ2n) is 3.55. The van der Waals surface area contributed by atoms with Crippen LogP contribution in [-0.2, 0) is 16.0 Å². The smallest absolute Gasteiger partial charge is 0.220 e. The largest absolute Gasteiger partial charge is 0.370 e. The fourth-order valence-electron chi connectivity index (χ4n) is 1.32. The molecule has 1 aromatic rings. The van der Waals surface area contributed by atoms with Crippen molar-refractivity contribution in [3.8, 4) is 0 Å². The summed E-state index contributed by atoms with van der Waals surface area (Å²) in [6, 6.07) is 9.90. The molecule has 0 heterocycles. The third-order valence-electron chi connectivity index (χ3n) is 2.18. The first-order chi connectivity index (χ1) is 7.68. The van der Waals surface area contributed by atoms with Gasteiger partial charge in [-0.25, -0.2) is 0 Å². The molecule has 0 aliphatic heterocycles. The molecule has 16 heavy (non-hydrogen) atoms. The lowest BCUT2D eigenvalue weighted by Gasteiger charge is -2.04. The van der Waals surface area contributed by atoms with Crippen LogP contribution >= 0.6 is 0 Å². The summed E-state index contributed by atoms with van der Waals surface area (Å²) < 4.78 is 0. The Morgan fingerprint density at radius 1 is 1.12 bits per heavy atom. The Morgan fingerprint density at radius 3 is 2.44 bits per heavy atom. The summed E-state index contributed by atoms with van der Waals surface area (Å²) in [6.45, 7) is 0.585. The van der Waals surface area contributed by atoms with E-state index in [0.29, 0.717) is 6.54 Å². The SMILES string of the molecule is NC(=O)CCC(=O)NCCc1ccccc1. The highest BCUT2D eigenvalue weighted by atomic mass is 16.2. The molecule has 0 saturated carbocycles. The predicted molar refractivity (Wildman–Crippen MR) is 61.6 cm³/mol. The normalized spacial score (nSPS) is 9.75. The van der Waals surface area contributed by atoms with Crippen LogP contribution in [0.1, 0.15) is 18.4 Å². The van der Waals surface area contributed by atoms with Crippen molar-refractivity contribution in [2.75, 3.05) is 6.54 Å². The molecule has 0 aromatic heterocycles. The second kappa shape index (κ2) is 6.61. The Balaban J connectivity index is 2.16. The Labute approximate surface area is 94.8 Å². The predicted octanol–water partition coefficient (Wildman–Crippen LogP) is 0.611. The number of hydrogen-bond donors (Lipinski definition) is 2. The Hall–Kier alpha value is -1.84. The van der Waals surface area contributed by atoms with Gasteiger partial charge in [0.05, 0.1) is 0 Å². The van der Waals surface area contributed by atoms with Crippen molar-refractivity contribution in [2.45, 2.75) is 19.3 Å². The average molecular weight is 220 g/mol. The summed E-state index contributed by atoms with van der Waals surface area (Å²) in [7, 11) is 0. The second-order valence-corrected chi connectivity index (χ2v) is 3.55. The summed E-state index contributed by atoms with van der Waals surface area (Å²) in [5.41, 5.74) is 6.12. The van der Waals surface area contributed by atoms with Gasteiger partial charge in [0.25, 0.3) is 0 Å². The zero-order chi connectivity index (χ0) is 11.8. The molecule has 4 heteroatoms. The van der Waals surface area contributed by atoms with Crippen molar-refractivity contribution in [2.24, 2.45) is 5.73 Å². The molecule has 86 valence electrons. The Kier molecular flexibility index (Phi) is 5.05. The zero-order valence-corrected chi connectivity index (χ0v) is 9.11. The molecule has 1 aromatic carbocycles.